The van der Waals surface area contributed by atoms with Gasteiger partial charge in [-0.1, -0.05) is 45.8 Å². The first-order valence-corrected chi connectivity index (χ1v) is 12.3. The molecule has 7 atom stereocenters. The Labute approximate surface area is 195 Å². The fraction of sp³-hybridized carbons (Fsp3) is 0.704. The molecule has 1 N–H and O–H groups in total. The molecule has 0 radical (unpaired) electrons. The Morgan fingerprint density at radius 2 is 1.97 bits per heavy atom. The fourth-order valence-corrected chi connectivity index (χ4v) is 7.60. The van der Waals surface area contributed by atoms with E-state index in [1.165, 1.54) is 6.92 Å². The zero-order valence-corrected chi connectivity index (χ0v) is 20.2. The average molecular weight is 457 g/mol. The molecule has 6 heteroatoms. The van der Waals surface area contributed by atoms with Crippen LogP contribution in [0, 0.1) is 34.5 Å². The van der Waals surface area contributed by atoms with Crippen molar-refractivity contribution in [2.45, 2.75) is 78.2 Å². The van der Waals surface area contributed by atoms with Crippen LogP contribution in [-0.4, -0.2) is 40.6 Å². The van der Waals surface area contributed by atoms with Crippen molar-refractivity contribution in [2.24, 2.45) is 34.5 Å². The van der Waals surface area contributed by atoms with E-state index in [4.69, 9.17) is 4.74 Å². The number of hydrogen-bond donors (Lipinski definition) is 1. The molecule has 4 aliphatic carbocycles. The maximum absolute atomic E-state index is 13.8. The number of allylic oxidation sites excluding steroid dienone is 4. The number of ether oxygens (including phenoxy) is 1. The SMILES string of the molecule is CCCC[C@@H]1C[C@H]2[C@@H]3C=CC4=CC(=O)CC[C@]4(C)[C@H]3C(=O)C[C@]2(C)[C@@]1(O)C(=O)COC(C)=O. The van der Waals surface area contributed by atoms with Crippen LogP contribution in [0.5, 0.6) is 0 Å². The third-order valence-electron chi connectivity index (χ3n) is 9.35. The maximum atomic E-state index is 13.8. The molecule has 4 aliphatic rings. The molecule has 0 aromatic rings. The lowest BCUT2D eigenvalue weighted by molar-refractivity contribution is -0.175. The van der Waals surface area contributed by atoms with E-state index in [9.17, 15) is 24.3 Å². The van der Waals surface area contributed by atoms with E-state index < -0.39 is 34.8 Å². The lowest BCUT2D eigenvalue weighted by atomic mass is 9.47. The number of hydrogen-bond acceptors (Lipinski definition) is 6. The van der Waals surface area contributed by atoms with Crippen LogP contribution < -0.4 is 0 Å². The van der Waals surface area contributed by atoms with Crippen LogP contribution in [0.15, 0.2) is 23.8 Å². The molecule has 180 valence electrons. The van der Waals surface area contributed by atoms with Crippen LogP contribution in [0.3, 0.4) is 0 Å². The molecular formula is C27H36O6. The standard InChI is InChI=1S/C27H36O6/c1-5-6-7-18-13-21-20-9-8-17-12-19(29)10-11-25(17,3)24(20)22(30)14-26(21,4)27(18,32)23(31)15-33-16(2)28/h8-9,12,18,20-21,24,32H,5-7,10-11,13-15H2,1-4H3/t18-,20+,21+,24-,25+,26+,27+/m1/s1. The van der Waals surface area contributed by atoms with Gasteiger partial charge in [0.05, 0.1) is 0 Å². The normalized spacial score (nSPS) is 41.7. The Morgan fingerprint density at radius 1 is 1.24 bits per heavy atom. The van der Waals surface area contributed by atoms with Gasteiger partial charge < -0.3 is 9.84 Å². The highest BCUT2D eigenvalue weighted by molar-refractivity contribution is 5.95. The summed E-state index contributed by atoms with van der Waals surface area (Å²) in [5.74, 6) is -1.57. The summed E-state index contributed by atoms with van der Waals surface area (Å²) >= 11 is 0. The summed E-state index contributed by atoms with van der Waals surface area (Å²) in [6.07, 6.45) is 10.1. The first-order chi connectivity index (χ1) is 15.5. The van der Waals surface area contributed by atoms with Gasteiger partial charge in [-0.2, -0.15) is 0 Å². The molecule has 0 unspecified atom stereocenters. The highest BCUT2D eigenvalue weighted by Gasteiger charge is 2.71. The largest absolute Gasteiger partial charge is 0.458 e. The number of carbonyl (C=O) groups excluding carboxylic acids is 4. The Hall–Kier alpha value is -2.08. The van der Waals surface area contributed by atoms with Gasteiger partial charge in [-0.15, -0.1) is 0 Å². The molecule has 0 aromatic heterocycles. The predicted octanol–water partition coefficient (Wildman–Crippen LogP) is 3.75. The summed E-state index contributed by atoms with van der Waals surface area (Å²) in [7, 11) is 0. The molecule has 2 fully saturated rings. The van der Waals surface area contributed by atoms with Crippen molar-refractivity contribution in [3.63, 3.8) is 0 Å². The van der Waals surface area contributed by atoms with Gasteiger partial charge in [-0.05, 0) is 48.7 Å². The molecule has 0 heterocycles. The van der Waals surface area contributed by atoms with Crippen LogP contribution in [0.25, 0.3) is 0 Å². The fourth-order valence-electron chi connectivity index (χ4n) is 7.60. The van der Waals surface area contributed by atoms with Crippen molar-refractivity contribution in [1.29, 1.82) is 0 Å². The van der Waals surface area contributed by atoms with E-state index in [1.54, 1.807) is 6.08 Å². The van der Waals surface area contributed by atoms with Crippen molar-refractivity contribution in [2.75, 3.05) is 6.61 Å². The van der Waals surface area contributed by atoms with Gasteiger partial charge in [0.2, 0.25) is 5.78 Å². The topological polar surface area (TPSA) is 97.7 Å². The van der Waals surface area contributed by atoms with Crippen LogP contribution in [0.2, 0.25) is 0 Å². The van der Waals surface area contributed by atoms with Crippen LogP contribution >= 0.6 is 0 Å². The monoisotopic (exact) mass is 456 g/mol. The van der Waals surface area contributed by atoms with Crippen molar-refractivity contribution in [3.8, 4) is 0 Å². The van der Waals surface area contributed by atoms with Gasteiger partial charge in [-0.3, -0.25) is 19.2 Å². The number of ketones is 3. The predicted molar refractivity (Wildman–Crippen MR) is 122 cm³/mol. The van der Waals surface area contributed by atoms with Crippen LogP contribution in [-0.2, 0) is 23.9 Å². The number of rotatable bonds is 6. The summed E-state index contributed by atoms with van der Waals surface area (Å²) in [5.41, 5.74) is -2.10. The zero-order chi connectivity index (χ0) is 24.2. The van der Waals surface area contributed by atoms with Gasteiger partial charge in [0.25, 0.3) is 0 Å². The Balaban J connectivity index is 1.76. The second kappa shape index (κ2) is 8.30. The summed E-state index contributed by atoms with van der Waals surface area (Å²) in [6.45, 7) is 6.82. The summed E-state index contributed by atoms with van der Waals surface area (Å²) in [5, 5.41) is 12.1. The number of unbranched alkanes of at least 4 members (excludes halogenated alkanes) is 1. The molecular weight excluding hydrogens is 420 g/mol. The quantitative estimate of drug-likeness (QED) is 0.611. The summed E-state index contributed by atoms with van der Waals surface area (Å²) in [6, 6.07) is 0. The number of fused-ring (bicyclic) bond motifs is 5. The molecule has 0 spiro atoms. The van der Waals surface area contributed by atoms with Gasteiger partial charge in [-0.25, -0.2) is 0 Å². The molecule has 4 rings (SSSR count). The average Bonchev–Trinajstić information content (AvgIpc) is 2.98. The van der Waals surface area contributed by atoms with Crippen molar-refractivity contribution < 1.29 is 29.0 Å². The minimum absolute atomic E-state index is 0.0411. The summed E-state index contributed by atoms with van der Waals surface area (Å²) < 4.78 is 5.00. The van der Waals surface area contributed by atoms with Crippen molar-refractivity contribution in [3.05, 3.63) is 23.8 Å². The molecule has 0 aromatic carbocycles. The molecule has 0 saturated heterocycles. The second-order valence-corrected chi connectivity index (χ2v) is 11.1. The highest BCUT2D eigenvalue weighted by Crippen LogP contribution is 2.67. The minimum atomic E-state index is -1.71. The molecule has 33 heavy (non-hydrogen) atoms. The van der Waals surface area contributed by atoms with E-state index in [2.05, 4.69) is 19.9 Å². The van der Waals surface area contributed by atoms with Gasteiger partial charge in [0, 0.05) is 36.5 Å². The third-order valence-corrected chi connectivity index (χ3v) is 9.35. The number of carbonyl (C=O) groups is 4. The van der Waals surface area contributed by atoms with Gasteiger partial charge >= 0.3 is 5.97 Å². The lowest BCUT2D eigenvalue weighted by Crippen LogP contribution is -2.61. The van der Waals surface area contributed by atoms with Gasteiger partial charge in [0.15, 0.2) is 12.4 Å². The van der Waals surface area contributed by atoms with Gasteiger partial charge in [0.1, 0.15) is 11.4 Å². The molecule has 0 aliphatic heterocycles. The Morgan fingerprint density at radius 3 is 2.64 bits per heavy atom. The number of esters is 1. The zero-order valence-electron chi connectivity index (χ0n) is 20.2. The molecule has 6 nitrogen and oxygen atoms in total. The van der Waals surface area contributed by atoms with E-state index in [0.717, 1.165) is 18.4 Å². The third kappa shape index (κ3) is 3.48. The van der Waals surface area contributed by atoms with Crippen molar-refractivity contribution in [1.82, 2.24) is 0 Å². The highest BCUT2D eigenvalue weighted by atomic mass is 16.5. The Kier molecular flexibility index (Phi) is 6.05. The van der Waals surface area contributed by atoms with Crippen molar-refractivity contribution >= 4 is 23.3 Å². The first-order valence-electron chi connectivity index (χ1n) is 12.3. The Bertz CT molecular complexity index is 946. The summed E-state index contributed by atoms with van der Waals surface area (Å²) in [4.78, 5) is 50.6. The minimum Gasteiger partial charge on any atom is -0.458 e. The second-order valence-electron chi connectivity index (χ2n) is 11.1. The molecule has 2 saturated carbocycles. The van der Waals surface area contributed by atoms with E-state index >= 15 is 0 Å². The number of Topliss-reactive ketones (excluding diaryl/α,β-unsaturated/α-hetero) is 2. The van der Waals surface area contributed by atoms with Crippen LogP contribution in [0.4, 0.5) is 0 Å². The van der Waals surface area contributed by atoms with Crippen LogP contribution in [0.1, 0.15) is 72.6 Å². The lowest BCUT2D eigenvalue weighted by Gasteiger charge is -2.55. The number of aliphatic hydroxyl groups is 1. The maximum Gasteiger partial charge on any atom is 0.303 e. The molecule has 0 bridgehead atoms. The first kappa shape index (κ1) is 24.1. The molecule has 0 amide bonds. The van der Waals surface area contributed by atoms with E-state index in [0.29, 0.717) is 25.7 Å². The van der Waals surface area contributed by atoms with E-state index in [-0.39, 0.29) is 41.7 Å². The van der Waals surface area contributed by atoms with E-state index in [1.807, 2.05) is 13.0 Å². The smallest absolute Gasteiger partial charge is 0.303 e.